The monoisotopic (exact) mass is 1320 g/mol. The van der Waals surface area contributed by atoms with Gasteiger partial charge in [0.15, 0.2) is 12.2 Å². The van der Waals surface area contributed by atoms with E-state index in [1.165, 1.54) is 180 Å². The van der Waals surface area contributed by atoms with Gasteiger partial charge < -0.3 is 33.8 Å². The summed E-state index contributed by atoms with van der Waals surface area (Å²) in [7, 11) is -9.90. The van der Waals surface area contributed by atoms with Gasteiger partial charge in [-0.3, -0.25) is 37.3 Å². The molecule has 0 aromatic rings. The molecule has 0 spiro atoms. The summed E-state index contributed by atoms with van der Waals surface area (Å²) in [6.07, 6.45) is 51.4. The Morgan fingerprint density at radius 2 is 0.511 bits per heavy atom. The summed E-state index contributed by atoms with van der Waals surface area (Å²) in [5.41, 5.74) is 0. The number of esters is 4. The minimum Gasteiger partial charge on any atom is -0.462 e. The molecule has 0 saturated carbocycles. The van der Waals surface area contributed by atoms with E-state index in [4.69, 9.17) is 37.0 Å². The summed E-state index contributed by atoms with van der Waals surface area (Å²) in [6, 6.07) is 0. The van der Waals surface area contributed by atoms with Gasteiger partial charge in [-0.05, 0) is 31.6 Å². The van der Waals surface area contributed by atoms with E-state index in [0.717, 1.165) is 109 Å². The molecule has 17 nitrogen and oxygen atoms in total. The van der Waals surface area contributed by atoms with E-state index in [2.05, 4.69) is 34.6 Å². The molecular weight excluding hydrogens is 1190 g/mol. The standard InChI is InChI=1S/C71H138O17P2/c1-6-9-12-15-18-20-22-24-26-28-30-35-40-45-50-55-69(74)82-61-67(88-70(75)56-51-46-41-36-31-29-27-25-23-21-19-16-13-10-7-2)63-86-90(79,80)84-59-65(72)58-83-89(77,78)85-62-66(60-81-68(73)54-49-44-38-17-14-11-8-3)87-71(76)57-52-47-42-37-33-32-34-39-43-48-53-64(4)5/h64-67,72H,6-63H2,1-5H3,(H,77,78)(H,79,80)/t65-,66+,67+/m0/s1. The van der Waals surface area contributed by atoms with E-state index in [1.54, 1.807) is 0 Å². The fraction of sp³-hybridized carbons (Fsp3) is 0.944. The third-order valence-electron chi connectivity index (χ3n) is 16.5. The van der Waals surface area contributed by atoms with Crippen LogP contribution in [-0.4, -0.2) is 96.7 Å². The lowest BCUT2D eigenvalue weighted by Crippen LogP contribution is -2.30. The molecule has 0 rings (SSSR count). The Bertz CT molecular complexity index is 1740. The number of aliphatic hydroxyl groups excluding tert-OH is 1. The number of hydrogen-bond donors (Lipinski definition) is 3. The lowest BCUT2D eigenvalue weighted by Gasteiger charge is -2.21. The molecule has 19 heteroatoms. The van der Waals surface area contributed by atoms with Crippen molar-refractivity contribution >= 4 is 39.5 Å². The second-order valence-electron chi connectivity index (χ2n) is 26.1. The van der Waals surface area contributed by atoms with Crippen LogP contribution in [0.15, 0.2) is 0 Å². The Morgan fingerprint density at radius 3 is 0.756 bits per heavy atom. The number of carbonyl (C=O) groups is 4. The van der Waals surface area contributed by atoms with Crippen molar-refractivity contribution in [2.24, 2.45) is 5.92 Å². The SMILES string of the molecule is CCCCCCCCCCCCCCCCCC(=O)OC[C@H](COP(=O)(O)OC[C@@H](O)COP(=O)(O)OC[C@@H](COC(=O)CCCCCCCCC)OC(=O)CCCCCCCCCCCCC(C)C)OC(=O)CCCCCCCCCCCCCCCCC. The summed E-state index contributed by atoms with van der Waals surface area (Å²) < 4.78 is 68.2. The molecular formula is C71H138O17P2. The van der Waals surface area contributed by atoms with Crippen molar-refractivity contribution in [2.75, 3.05) is 39.6 Å². The Labute approximate surface area is 549 Å². The van der Waals surface area contributed by atoms with Crippen LogP contribution >= 0.6 is 15.6 Å². The summed E-state index contributed by atoms with van der Waals surface area (Å²) >= 11 is 0. The first-order valence-electron chi connectivity index (χ1n) is 37.1. The van der Waals surface area contributed by atoms with Gasteiger partial charge in [0.05, 0.1) is 26.4 Å². The molecule has 0 fully saturated rings. The van der Waals surface area contributed by atoms with Gasteiger partial charge in [0.1, 0.15) is 19.3 Å². The van der Waals surface area contributed by atoms with Crippen LogP contribution in [0.5, 0.6) is 0 Å². The Balaban J connectivity index is 5.20. The number of phosphoric acid groups is 2. The van der Waals surface area contributed by atoms with Crippen molar-refractivity contribution in [1.29, 1.82) is 0 Å². The molecule has 0 amide bonds. The summed E-state index contributed by atoms with van der Waals surface area (Å²) in [6.45, 7) is 7.21. The van der Waals surface area contributed by atoms with Crippen LogP contribution in [-0.2, 0) is 65.4 Å². The van der Waals surface area contributed by atoms with Crippen molar-refractivity contribution < 1.29 is 80.2 Å². The zero-order chi connectivity index (χ0) is 66.3. The van der Waals surface area contributed by atoms with Crippen LogP contribution in [0.25, 0.3) is 0 Å². The number of aliphatic hydroxyl groups is 1. The molecule has 0 aromatic carbocycles. The highest BCUT2D eigenvalue weighted by atomic mass is 31.2. The average Bonchev–Trinajstić information content (AvgIpc) is 3.64. The Hall–Kier alpha value is -1.94. The Morgan fingerprint density at radius 1 is 0.300 bits per heavy atom. The van der Waals surface area contributed by atoms with Crippen LogP contribution in [0, 0.1) is 5.92 Å². The van der Waals surface area contributed by atoms with E-state index in [0.29, 0.717) is 25.7 Å². The maximum Gasteiger partial charge on any atom is 0.472 e. The van der Waals surface area contributed by atoms with Crippen molar-refractivity contribution in [3.05, 3.63) is 0 Å². The predicted molar refractivity (Wildman–Crippen MR) is 363 cm³/mol. The van der Waals surface area contributed by atoms with Crippen molar-refractivity contribution in [2.45, 2.75) is 387 Å². The molecule has 0 aliphatic heterocycles. The first kappa shape index (κ1) is 88.1. The molecule has 2 unspecified atom stereocenters. The van der Waals surface area contributed by atoms with Gasteiger partial charge >= 0.3 is 39.5 Å². The quantitative estimate of drug-likeness (QED) is 0.0222. The van der Waals surface area contributed by atoms with E-state index >= 15 is 0 Å². The molecule has 3 N–H and O–H groups in total. The average molecular weight is 1330 g/mol. The second kappa shape index (κ2) is 64.4. The highest BCUT2D eigenvalue weighted by Crippen LogP contribution is 2.45. The highest BCUT2D eigenvalue weighted by Gasteiger charge is 2.30. The lowest BCUT2D eigenvalue weighted by molar-refractivity contribution is -0.161. The van der Waals surface area contributed by atoms with Crippen molar-refractivity contribution in [3.8, 4) is 0 Å². The summed E-state index contributed by atoms with van der Waals surface area (Å²) in [5.74, 6) is -1.37. The van der Waals surface area contributed by atoms with Gasteiger partial charge in [-0.15, -0.1) is 0 Å². The second-order valence-corrected chi connectivity index (χ2v) is 29.0. The number of ether oxygens (including phenoxy) is 4. The molecule has 0 aromatic heterocycles. The van der Waals surface area contributed by atoms with Gasteiger partial charge in [-0.25, -0.2) is 9.13 Å². The smallest absolute Gasteiger partial charge is 0.462 e. The van der Waals surface area contributed by atoms with Crippen LogP contribution in [0.2, 0.25) is 0 Å². The predicted octanol–water partition coefficient (Wildman–Crippen LogP) is 20.5. The topological polar surface area (TPSA) is 237 Å². The molecule has 0 saturated heterocycles. The zero-order valence-corrected chi connectivity index (χ0v) is 60.1. The largest absolute Gasteiger partial charge is 0.472 e. The number of rotatable bonds is 71. The normalized spacial score (nSPS) is 14.1. The van der Waals surface area contributed by atoms with E-state index in [1.807, 2.05) is 0 Å². The summed E-state index contributed by atoms with van der Waals surface area (Å²) in [5, 5.41) is 10.6. The van der Waals surface area contributed by atoms with Crippen LogP contribution in [0.3, 0.4) is 0 Å². The van der Waals surface area contributed by atoms with Crippen molar-refractivity contribution in [1.82, 2.24) is 0 Å². The fourth-order valence-corrected chi connectivity index (χ4v) is 12.4. The molecule has 90 heavy (non-hydrogen) atoms. The summed E-state index contributed by atoms with van der Waals surface area (Å²) in [4.78, 5) is 72.5. The number of unbranched alkanes of at least 4 members (excludes halogenated alkanes) is 43. The number of hydrogen-bond acceptors (Lipinski definition) is 15. The third kappa shape index (κ3) is 64.8. The molecule has 0 bridgehead atoms. The van der Waals surface area contributed by atoms with Crippen molar-refractivity contribution in [3.63, 3.8) is 0 Å². The van der Waals surface area contributed by atoms with Crippen LogP contribution in [0.4, 0.5) is 0 Å². The van der Waals surface area contributed by atoms with E-state index in [-0.39, 0.29) is 25.7 Å². The van der Waals surface area contributed by atoms with Gasteiger partial charge in [0, 0.05) is 25.7 Å². The minimum absolute atomic E-state index is 0.106. The molecule has 0 radical (unpaired) electrons. The first-order valence-corrected chi connectivity index (χ1v) is 40.1. The minimum atomic E-state index is -4.95. The zero-order valence-electron chi connectivity index (χ0n) is 58.3. The highest BCUT2D eigenvalue weighted by molar-refractivity contribution is 7.47. The molecule has 0 aliphatic carbocycles. The van der Waals surface area contributed by atoms with E-state index < -0.39 is 97.5 Å². The van der Waals surface area contributed by atoms with Crippen LogP contribution < -0.4 is 0 Å². The first-order chi connectivity index (χ1) is 43.5. The third-order valence-corrected chi connectivity index (χ3v) is 18.4. The number of phosphoric ester groups is 2. The van der Waals surface area contributed by atoms with Crippen LogP contribution in [0.1, 0.15) is 369 Å². The van der Waals surface area contributed by atoms with Gasteiger partial charge in [-0.1, -0.05) is 317 Å². The lowest BCUT2D eigenvalue weighted by atomic mass is 10.0. The number of carbonyl (C=O) groups excluding carboxylic acids is 4. The molecule has 5 atom stereocenters. The molecule has 0 aliphatic rings. The molecule has 0 heterocycles. The Kier molecular flexibility index (Phi) is 63.0. The maximum atomic E-state index is 13.0. The van der Waals surface area contributed by atoms with E-state index in [9.17, 15) is 43.2 Å². The fourth-order valence-electron chi connectivity index (χ4n) is 10.8. The van der Waals surface area contributed by atoms with Gasteiger partial charge in [-0.2, -0.15) is 0 Å². The van der Waals surface area contributed by atoms with Gasteiger partial charge in [0.2, 0.25) is 0 Å². The van der Waals surface area contributed by atoms with Gasteiger partial charge in [0.25, 0.3) is 0 Å². The maximum absolute atomic E-state index is 13.0. The molecule has 534 valence electrons.